The molecule has 1 aromatic rings. The number of carbonyl (C=O) groups excluding carboxylic acids is 1. The summed E-state index contributed by atoms with van der Waals surface area (Å²) in [6.07, 6.45) is 6.16. The molecular weight excluding hydrogens is 248 g/mol. The van der Waals surface area contributed by atoms with Gasteiger partial charge in [-0.3, -0.25) is 4.79 Å². The quantitative estimate of drug-likeness (QED) is 0.888. The van der Waals surface area contributed by atoms with Gasteiger partial charge in [-0.1, -0.05) is 37.1 Å². The van der Waals surface area contributed by atoms with Crippen LogP contribution in [0.2, 0.25) is 0 Å². The molecule has 3 nitrogen and oxygen atoms in total. The van der Waals surface area contributed by atoms with Crippen LogP contribution in [0.4, 0.5) is 0 Å². The van der Waals surface area contributed by atoms with Crippen molar-refractivity contribution in [3.05, 3.63) is 35.4 Å². The molecule has 2 atom stereocenters. The summed E-state index contributed by atoms with van der Waals surface area (Å²) in [6.45, 7) is 3.04. The van der Waals surface area contributed by atoms with Gasteiger partial charge in [0.2, 0.25) is 5.91 Å². The fourth-order valence-electron chi connectivity index (χ4n) is 3.62. The van der Waals surface area contributed by atoms with Gasteiger partial charge in [0.05, 0.1) is 0 Å². The second-order valence-electron chi connectivity index (χ2n) is 6.18. The standard InChI is InChI=1S/C17H24N2O/c1-12(13-6-2-3-7-13)19-17(20)16-15-9-5-4-8-14(15)10-11-18-16/h4-5,8-9,12-13,16,18H,2-3,6-7,10-11H2,1H3,(H,19,20)/t12-,16?/m1/s1. The summed E-state index contributed by atoms with van der Waals surface area (Å²) in [7, 11) is 0. The summed E-state index contributed by atoms with van der Waals surface area (Å²) >= 11 is 0. The highest BCUT2D eigenvalue weighted by atomic mass is 16.2. The summed E-state index contributed by atoms with van der Waals surface area (Å²) in [6, 6.07) is 8.40. The number of amides is 1. The van der Waals surface area contributed by atoms with Crippen LogP contribution in [0.25, 0.3) is 0 Å². The molecule has 3 rings (SSSR count). The van der Waals surface area contributed by atoms with Crippen LogP contribution < -0.4 is 10.6 Å². The zero-order valence-corrected chi connectivity index (χ0v) is 12.2. The molecule has 0 saturated heterocycles. The van der Waals surface area contributed by atoms with Crippen LogP contribution in [0.5, 0.6) is 0 Å². The van der Waals surface area contributed by atoms with Gasteiger partial charge in [0.15, 0.2) is 0 Å². The fourth-order valence-corrected chi connectivity index (χ4v) is 3.62. The highest BCUT2D eigenvalue weighted by Gasteiger charge is 2.29. The van der Waals surface area contributed by atoms with Crippen molar-refractivity contribution in [2.75, 3.05) is 6.54 Å². The molecule has 0 radical (unpaired) electrons. The van der Waals surface area contributed by atoms with Gasteiger partial charge in [0.25, 0.3) is 0 Å². The van der Waals surface area contributed by atoms with E-state index in [1.807, 2.05) is 6.07 Å². The maximum Gasteiger partial charge on any atom is 0.241 e. The lowest BCUT2D eigenvalue weighted by Crippen LogP contribution is -2.46. The summed E-state index contributed by atoms with van der Waals surface area (Å²) < 4.78 is 0. The second kappa shape index (κ2) is 5.96. The van der Waals surface area contributed by atoms with Crippen molar-refractivity contribution in [1.82, 2.24) is 10.6 Å². The Labute approximate surface area is 121 Å². The van der Waals surface area contributed by atoms with Crippen molar-refractivity contribution in [2.45, 2.75) is 51.1 Å². The maximum absolute atomic E-state index is 12.6. The number of benzene rings is 1. The van der Waals surface area contributed by atoms with E-state index in [9.17, 15) is 4.79 Å². The molecule has 0 spiro atoms. The molecule has 1 aromatic carbocycles. The Morgan fingerprint density at radius 3 is 2.85 bits per heavy atom. The number of hydrogen-bond acceptors (Lipinski definition) is 2. The Kier molecular flexibility index (Phi) is 4.06. The van der Waals surface area contributed by atoms with Crippen LogP contribution in [0.15, 0.2) is 24.3 Å². The number of fused-ring (bicyclic) bond motifs is 1. The van der Waals surface area contributed by atoms with Crippen molar-refractivity contribution < 1.29 is 4.79 Å². The number of nitrogens with one attached hydrogen (secondary N) is 2. The molecule has 1 aliphatic heterocycles. The fraction of sp³-hybridized carbons (Fsp3) is 0.588. The first kappa shape index (κ1) is 13.6. The van der Waals surface area contributed by atoms with E-state index in [1.165, 1.54) is 31.2 Å². The van der Waals surface area contributed by atoms with Gasteiger partial charge >= 0.3 is 0 Å². The minimum absolute atomic E-state index is 0.136. The molecule has 1 aliphatic carbocycles. The molecular formula is C17H24N2O. The average Bonchev–Trinajstić information content (AvgIpc) is 3.01. The average molecular weight is 272 g/mol. The Morgan fingerprint density at radius 1 is 1.30 bits per heavy atom. The lowest BCUT2D eigenvalue weighted by molar-refractivity contribution is -0.124. The normalized spacial score (nSPS) is 24.1. The monoisotopic (exact) mass is 272 g/mol. The van der Waals surface area contributed by atoms with E-state index < -0.39 is 0 Å². The highest BCUT2D eigenvalue weighted by molar-refractivity contribution is 5.84. The Bertz CT molecular complexity index is 480. The summed E-state index contributed by atoms with van der Waals surface area (Å²) in [4.78, 5) is 12.6. The van der Waals surface area contributed by atoms with Gasteiger partial charge in [-0.05, 0) is 43.2 Å². The first-order valence-electron chi connectivity index (χ1n) is 7.87. The third kappa shape index (κ3) is 2.73. The lowest BCUT2D eigenvalue weighted by Gasteiger charge is -2.28. The zero-order valence-electron chi connectivity index (χ0n) is 12.2. The third-order valence-corrected chi connectivity index (χ3v) is 4.85. The van der Waals surface area contributed by atoms with Gasteiger partial charge in [-0.2, -0.15) is 0 Å². The predicted molar refractivity (Wildman–Crippen MR) is 80.5 cm³/mol. The van der Waals surface area contributed by atoms with Crippen LogP contribution in [0.3, 0.4) is 0 Å². The minimum Gasteiger partial charge on any atom is -0.352 e. The molecule has 0 aromatic heterocycles. The van der Waals surface area contributed by atoms with E-state index in [0.717, 1.165) is 18.5 Å². The van der Waals surface area contributed by atoms with Crippen LogP contribution in [0, 0.1) is 5.92 Å². The van der Waals surface area contributed by atoms with Crippen LogP contribution in [-0.4, -0.2) is 18.5 Å². The van der Waals surface area contributed by atoms with E-state index in [-0.39, 0.29) is 11.9 Å². The van der Waals surface area contributed by atoms with Crippen LogP contribution >= 0.6 is 0 Å². The molecule has 1 saturated carbocycles. The van der Waals surface area contributed by atoms with Gasteiger partial charge in [-0.15, -0.1) is 0 Å². The van der Waals surface area contributed by atoms with E-state index in [1.54, 1.807) is 0 Å². The zero-order chi connectivity index (χ0) is 13.9. The molecule has 1 amide bonds. The third-order valence-electron chi connectivity index (χ3n) is 4.85. The number of carbonyl (C=O) groups is 1. The lowest BCUT2D eigenvalue weighted by atomic mass is 9.93. The molecule has 2 N–H and O–H groups in total. The first-order chi connectivity index (χ1) is 9.75. The molecule has 3 heteroatoms. The minimum atomic E-state index is -0.177. The van der Waals surface area contributed by atoms with Crippen molar-refractivity contribution in [3.63, 3.8) is 0 Å². The van der Waals surface area contributed by atoms with Gasteiger partial charge in [0.1, 0.15) is 6.04 Å². The Balaban J connectivity index is 1.68. The number of hydrogen-bond donors (Lipinski definition) is 2. The Morgan fingerprint density at radius 2 is 2.05 bits per heavy atom. The smallest absolute Gasteiger partial charge is 0.241 e. The van der Waals surface area contributed by atoms with E-state index >= 15 is 0 Å². The van der Waals surface area contributed by atoms with E-state index in [2.05, 4.69) is 35.8 Å². The SMILES string of the molecule is C[C@@H](NC(=O)C1NCCc2ccccc21)C1CCCC1. The van der Waals surface area contributed by atoms with E-state index in [4.69, 9.17) is 0 Å². The summed E-state index contributed by atoms with van der Waals surface area (Å²) in [5, 5.41) is 6.59. The molecule has 1 unspecified atom stereocenters. The highest BCUT2D eigenvalue weighted by Crippen LogP contribution is 2.28. The van der Waals surface area contributed by atoms with Crippen molar-refractivity contribution in [2.24, 2.45) is 5.92 Å². The second-order valence-corrected chi connectivity index (χ2v) is 6.18. The van der Waals surface area contributed by atoms with E-state index in [0.29, 0.717) is 12.0 Å². The van der Waals surface area contributed by atoms with Gasteiger partial charge in [-0.25, -0.2) is 0 Å². The van der Waals surface area contributed by atoms with Crippen molar-refractivity contribution >= 4 is 5.91 Å². The summed E-state index contributed by atoms with van der Waals surface area (Å²) in [5.74, 6) is 0.800. The summed E-state index contributed by atoms with van der Waals surface area (Å²) in [5.41, 5.74) is 2.45. The van der Waals surface area contributed by atoms with Crippen molar-refractivity contribution in [3.8, 4) is 0 Å². The number of rotatable bonds is 3. The Hall–Kier alpha value is -1.35. The largest absolute Gasteiger partial charge is 0.352 e. The van der Waals surface area contributed by atoms with Crippen LogP contribution in [0.1, 0.15) is 49.8 Å². The van der Waals surface area contributed by atoms with Crippen molar-refractivity contribution in [1.29, 1.82) is 0 Å². The maximum atomic E-state index is 12.6. The topological polar surface area (TPSA) is 41.1 Å². The van der Waals surface area contributed by atoms with Crippen LogP contribution in [-0.2, 0) is 11.2 Å². The molecule has 108 valence electrons. The molecule has 2 aliphatic rings. The molecule has 0 bridgehead atoms. The molecule has 1 fully saturated rings. The first-order valence-corrected chi connectivity index (χ1v) is 7.87. The predicted octanol–water partition coefficient (Wildman–Crippen LogP) is 2.57. The van der Waals surface area contributed by atoms with Gasteiger partial charge < -0.3 is 10.6 Å². The molecule has 1 heterocycles. The molecule has 20 heavy (non-hydrogen) atoms. The van der Waals surface area contributed by atoms with Gasteiger partial charge in [0, 0.05) is 12.6 Å².